The van der Waals surface area contributed by atoms with Crippen LogP contribution < -0.4 is 15.8 Å². The smallest absolute Gasteiger partial charge is 0.417 e. The minimum Gasteiger partial charge on any atom is -0.483 e. The second-order valence-corrected chi connectivity index (χ2v) is 6.33. The molecule has 1 heterocycles. The minimum absolute atomic E-state index is 0.119. The summed E-state index contributed by atoms with van der Waals surface area (Å²) < 4.78 is 10.7. The first kappa shape index (κ1) is 17.6. The summed E-state index contributed by atoms with van der Waals surface area (Å²) in [5.74, 6) is -0.146. The monoisotopic (exact) mass is 374 g/mol. The van der Waals surface area contributed by atoms with Crippen LogP contribution in [0.2, 0.25) is 0 Å². The molecular formula is C22H18N2O4. The fourth-order valence-corrected chi connectivity index (χ4v) is 2.98. The van der Waals surface area contributed by atoms with Crippen LogP contribution in [0, 0.1) is 0 Å². The van der Waals surface area contributed by atoms with E-state index in [9.17, 15) is 9.59 Å². The van der Waals surface area contributed by atoms with Crippen molar-refractivity contribution in [2.45, 2.75) is 6.42 Å². The van der Waals surface area contributed by atoms with E-state index in [1.807, 2.05) is 42.5 Å². The lowest BCUT2D eigenvalue weighted by Gasteiger charge is -2.12. The van der Waals surface area contributed by atoms with E-state index in [4.69, 9.17) is 9.15 Å². The molecule has 0 bridgehead atoms. The molecule has 0 fully saturated rings. The molecule has 1 amide bonds. The number of nitrogens with one attached hydrogen (secondary N) is 2. The van der Waals surface area contributed by atoms with E-state index in [1.54, 1.807) is 18.2 Å². The lowest BCUT2D eigenvalue weighted by atomic mass is 10.0. The SMILES string of the molecule is O=C(COc1ccccc1Cc1ccccc1)Nc1ccc2oc(=O)[nH]c2c1. The molecule has 2 N–H and O–H groups in total. The number of ether oxygens (including phenoxy) is 1. The van der Waals surface area contributed by atoms with Gasteiger partial charge in [0.05, 0.1) is 5.52 Å². The molecule has 0 unspecified atom stereocenters. The van der Waals surface area contributed by atoms with E-state index in [0.29, 0.717) is 22.5 Å². The van der Waals surface area contributed by atoms with Crippen LogP contribution in [0.1, 0.15) is 11.1 Å². The Balaban J connectivity index is 1.41. The van der Waals surface area contributed by atoms with Gasteiger partial charge in [-0.1, -0.05) is 48.5 Å². The Morgan fingerprint density at radius 2 is 1.79 bits per heavy atom. The Morgan fingerprint density at radius 1 is 1.00 bits per heavy atom. The first-order valence-corrected chi connectivity index (χ1v) is 8.85. The molecule has 0 atom stereocenters. The largest absolute Gasteiger partial charge is 0.483 e. The van der Waals surface area contributed by atoms with Gasteiger partial charge in [-0.3, -0.25) is 9.78 Å². The number of aromatic amines is 1. The minimum atomic E-state index is -0.531. The summed E-state index contributed by atoms with van der Waals surface area (Å²) in [6.45, 7) is -0.119. The lowest BCUT2D eigenvalue weighted by molar-refractivity contribution is -0.118. The molecule has 28 heavy (non-hydrogen) atoms. The second kappa shape index (κ2) is 7.84. The standard InChI is InChI=1S/C22H18N2O4/c25-21(23-17-10-11-20-18(13-17)24-22(26)28-20)14-27-19-9-5-4-8-16(19)12-15-6-2-1-3-7-15/h1-11,13H,12,14H2,(H,23,25)(H,24,26). The number of H-pyrrole nitrogens is 1. The number of hydrogen-bond donors (Lipinski definition) is 2. The zero-order valence-corrected chi connectivity index (χ0v) is 15.0. The molecule has 3 aromatic carbocycles. The van der Waals surface area contributed by atoms with E-state index in [-0.39, 0.29) is 12.5 Å². The third-order valence-electron chi connectivity index (χ3n) is 4.27. The van der Waals surface area contributed by atoms with Gasteiger partial charge in [-0.05, 0) is 35.4 Å². The first-order chi connectivity index (χ1) is 13.7. The third-order valence-corrected chi connectivity index (χ3v) is 4.27. The Kier molecular flexibility index (Phi) is 4.93. The van der Waals surface area contributed by atoms with Crippen LogP contribution in [-0.4, -0.2) is 17.5 Å². The van der Waals surface area contributed by atoms with E-state index in [1.165, 1.54) is 5.56 Å². The van der Waals surface area contributed by atoms with Gasteiger partial charge in [0.25, 0.3) is 5.91 Å². The Labute approximate surface area is 160 Å². The molecule has 6 nitrogen and oxygen atoms in total. The topological polar surface area (TPSA) is 84.3 Å². The maximum atomic E-state index is 12.3. The van der Waals surface area contributed by atoms with Gasteiger partial charge in [-0.15, -0.1) is 0 Å². The Hall–Kier alpha value is -3.80. The van der Waals surface area contributed by atoms with Gasteiger partial charge in [0.15, 0.2) is 12.2 Å². The predicted octanol–water partition coefficient (Wildman–Crippen LogP) is 3.73. The zero-order chi connectivity index (χ0) is 19.3. The number of anilines is 1. The Bertz CT molecular complexity index is 1160. The number of aromatic nitrogens is 1. The molecule has 0 saturated heterocycles. The van der Waals surface area contributed by atoms with E-state index < -0.39 is 5.76 Å². The average Bonchev–Trinajstić information content (AvgIpc) is 3.07. The number of para-hydroxylation sites is 1. The van der Waals surface area contributed by atoms with Gasteiger partial charge in [0, 0.05) is 12.1 Å². The first-order valence-electron chi connectivity index (χ1n) is 8.85. The van der Waals surface area contributed by atoms with E-state index in [0.717, 1.165) is 12.0 Å². The summed E-state index contributed by atoms with van der Waals surface area (Å²) in [5, 5.41) is 2.76. The summed E-state index contributed by atoms with van der Waals surface area (Å²) >= 11 is 0. The van der Waals surface area contributed by atoms with Crippen LogP contribution in [0.5, 0.6) is 5.75 Å². The van der Waals surface area contributed by atoms with Crippen molar-refractivity contribution in [2.75, 3.05) is 11.9 Å². The van der Waals surface area contributed by atoms with Crippen molar-refractivity contribution in [3.63, 3.8) is 0 Å². The number of carbonyl (C=O) groups excluding carboxylic acids is 1. The number of rotatable bonds is 6. The van der Waals surface area contributed by atoms with Crippen LogP contribution in [-0.2, 0) is 11.2 Å². The highest BCUT2D eigenvalue weighted by atomic mass is 16.5. The number of carbonyl (C=O) groups is 1. The molecule has 4 aromatic rings. The number of oxazole rings is 1. The van der Waals surface area contributed by atoms with E-state index >= 15 is 0 Å². The van der Waals surface area contributed by atoms with Gasteiger partial charge in [-0.2, -0.15) is 0 Å². The van der Waals surface area contributed by atoms with Crippen molar-refractivity contribution in [2.24, 2.45) is 0 Å². The zero-order valence-electron chi connectivity index (χ0n) is 15.0. The van der Waals surface area contributed by atoms with Crippen molar-refractivity contribution in [1.82, 2.24) is 4.98 Å². The molecule has 0 aliphatic rings. The molecule has 6 heteroatoms. The van der Waals surface area contributed by atoms with Crippen LogP contribution >= 0.6 is 0 Å². The third kappa shape index (κ3) is 4.12. The van der Waals surface area contributed by atoms with Crippen molar-refractivity contribution in [1.29, 1.82) is 0 Å². The fraction of sp³-hybridized carbons (Fsp3) is 0.0909. The summed E-state index contributed by atoms with van der Waals surface area (Å²) in [6.07, 6.45) is 0.725. The fourth-order valence-electron chi connectivity index (χ4n) is 2.98. The maximum absolute atomic E-state index is 12.3. The highest BCUT2D eigenvalue weighted by molar-refractivity contribution is 5.93. The van der Waals surface area contributed by atoms with Crippen molar-refractivity contribution in [3.8, 4) is 5.75 Å². The van der Waals surface area contributed by atoms with Crippen molar-refractivity contribution in [3.05, 3.63) is 94.5 Å². The molecule has 0 saturated carbocycles. The number of fused-ring (bicyclic) bond motifs is 1. The highest BCUT2D eigenvalue weighted by Crippen LogP contribution is 2.22. The number of benzene rings is 3. The maximum Gasteiger partial charge on any atom is 0.417 e. The van der Waals surface area contributed by atoms with Crippen molar-refractivity contribution < 1.29 is 13.9 Å². The van der Waals surface area contributed by atoms with E-state index in [2.05, 4.69) is 22.4 Å². The molecule has 1 aromatic heterocycles. The number of hydrogen-bond acceptors (Lipinski definition) is 4. The second-order valence-electron chi connectivity index (χ2n) is 6.33. The summed E-state index contributed by atoms with van der Waals surface area (Å²) in [6, 6.07) is 22.7. The van der Waals surface area contributed by atoms with Crippen LogP contribution in [0.15, 0.2) is 82.0 Å². The molecule has 4 rings (SSSR count). The molecular weight excluding hydrogens is 356 g/mol. The summed E-state index contributed by atoms with van der Waals surface area (Å²) in [5.41, 5.74) is 3.70. The molecule has 140 valence electrons. The van der Waals surface area contributed by atoms with Crippen molar-refractivity contribution >= 4 is 22.7 Å². The molecule has 0 radical (unpaired) electrons. The van der Waals surface area contributed by atoms with Gasteiger partial charge in [0.1, 0.15) is 5.75 Å². The lowest BCUT2D eigenvalue weighted by Crippen LogP contribution is -2.20. The summed E-state index contributed by atoms with van der Waals surface area (Å²) in [4.78, 5) is 26.0. The summed E-state index contributed by atoms with van der Waals surface area (Å²) in [7, 11) is 0. The van der Waals surface area contributed by atoms with Gasteiger partial charge < -0.3 is 14.5 Å². The molecule has 0 aliphatic heterocycles. The quantitative estimate of drug-likeness (QED) is 0.539. The van der Waals surface area contributed by atoms with Crippen LogP contribution in [0.4, 0.5) is 5.69 Å². The normalized spacial score (nSPS) is 10.7. The van der Waals surface area contributed by atoms with Crippen LogP contribution in [0.3, 0.4) is 0 Å². The van der Waals surface area contributed by atoms with Gasteiger partial charge in [0.2, 0.25) is 0 Å². The molecule has 0 aliphatic carbocycles. The van der Waals surface area contributed by atoms with Gasteiger partial charge >= 0.3 is 5.76 Å². The number of amides is 1. The van der Waals surface area contributed by atoms with Gasteiger partial charge in [-0.25, -0.2) is 4.79 Å². The highest BCUT2D eigenvalue weighted by Gasteiger charge is 2.09. The Morgan fingerprint density at radius 3 is 2.64 bits per heavy atom. The predicted molar refractivity (Wildman–Crippen MR) is 107 cm³/mol. The van der Waals surface area contributed by atoms with Crippen LogP contribution in [0.25, 0.3) is 11.1 Å². The molecule has 0 spiro atoms. The average molecular weight is 374 g/mol.